The number of nitro benzene ring substituents is 1. The minimum absolute atomic E-state index is 0.0338. The summed E-state index contributed by atoms with van der Waals surface area (Å²) < 4.78 is 4.72. The second-order valence-electron chi connectivity index (χ2n) is 3.59. The number of ether oxygens (including phenoxy) is 1. The minimum atomic E-state index is -1.21. The Balaban J connectivity index is 3.12. The number of benzene rings is 1. The first-order chi connectivity index (χ1) is 8.99. The van der Waals surface area contributed by atoms with E-state index < -0.39 is 16.9 Å². The molecule has 0 heterocycles. The number of nitrogens with zero attached hydrogens (tertiary/aromatic N) is 2. The van der Waals surface area contributed by atoms with E-state index in [1.807, 2.05) is 6.07 Å². The summed E-state index contributed by atoms with van der Waals surface area (Å²) in [4.78, 5) is 21.1. The van der Waals surface area contributed by atoms with Crippen molar-refractivity contribution >= 4 is 17.3 Å². The highest BCUT2D eigenvalue weighted by Gasteiger charge is 2.22. The summed E-state index contributed by atoms with van der Waals surface area (Å²) in [6.45, 7) is -0.163. The van der Waals surface area contributed by atoms with Crippen LogP contribution in [0.15, 0.2) is 18.2 Å². The maximum absolute atomic E-state index is 11.0. The van der Waals surface area contributed by atoms with E-state index in [0.29, 0.717) is 0 Å². The largest absolute Gasteiger partial charge is 0.480 e. The molecule has 1 unspecified atom stereocenters. The SMILES string of the molecule is COCC(Nc1cc(C#N)ccc1[N+](=O)[O-])C(=O)O. The zero-order valence-corrected chi connectivity index (χ0v) is 9.99. The lowest BCUT2D eigenvalue weighted by atomic mass is 10.1. The van der Waals surface area contributed by atoms with Crippen LogP contribution in [0.5, 0.6) is 0 Å². The quantitative estimate of drug-likeness (QED) is 0.579. The Morgan fingerprint density at radius 2 is 2.37 bits per heavy atom. The molecule has 8 nitrogen and oxygen atoms in total. The summed E-state index contributed by atoms with van der Waals surface area (Å²) in [5.74, 6) is -1.21. The average molecular weight is 265 g/mol. The van der Waals surface area contributed by atoms with Crippen molar-refractivity contribution in [1.82, 2.24) is 0 Å². The molecule has 0 fully saturated rings. The van der Waals surface area contributed by atoms with Gasteiger partial charge in [0.2, 0.25) is 0 Å². The van der Waals surface area contributed by atoms with Gasteiger partial charge in [-0.05, 0) is 12.1 Å². The van der Waals surface area contributed by atoms with Gasteiger partial charge in [-0.25, -0.2) is 4.79 Å². The first kappa shape index (κ1) is 14.4. The summed E-state index contributed by atoms with van der Waals surface area (Å²) in [5, 5.41) is 31.0. The van der Waals surface area contributed by atoms with Gasteiger partial charge in [-0.2, -0.15) is 5.26 Å². The van der Waals surface area contributed by atoms with Gasteiger partial charge in [0.05, 0.1) is 23.2 Å². The molecule has 19 heavy (non-hydrogen) atoms. The van der Waals surface area contributed by atoms with Gasteiger partial charge < -0.3 is 15.2 Å². The highest BCUT2D eigenvalue weighted by atomic mass is 16.6. The molecule has 2 N–H and O–H groups in total. The topological polar surface area (TPSA) is 125 Å². The predicted molar refractivity (Wildman–Crippen MR) is 64.7 cm³/mol. The van der Waals surface area contributed by atoms with E-state index in [9.17, 15) is 14.9 Å². The summed E-state index contributed by atoms with van der Waals surface area (Å²) >= 11 is 0. The molecular weight excluding hydrogens is 254 g/mol. The standard InChI is InChI=1S/C11H11N3O5/c1-19-6-9(11(15)16)13-8-4-7(5-12)2-3-10(8)14(17)18/h2-4,9,13H,6H2,1H3,(H,15,16). The van der Waals surface area contributed by atoms with Crippen LogP contribution in [-0.4, -0.2) is 35.8 Å². The third-order valence-corrected chi connectivity index (χ3v) is 2.28. The Morgan fingerprint density at radius 1 is 1.68 bits per heavy atom. The van der Waals surface area contributed by atoms with E-state index in [4.69, 9.17) is 15.1 Å². The van der Waals surface area contributed by atoms with Crippen molar-refractivity contribution in [3.8, 4) is 6.07 Å². The molecule has 1 aromatic rings. The van der Waals surface area contributed by atoms with Crippen LogP contribution in [0.25, 0.3) is 0 Å². The van der Waals surface area contributed by atoms with Crippen molar-refractivity contribution in [3.05, 3.63) is 33.9 Å². The van der Waals surface area contributed by atoms with Crippen LogP contribution in [0.1, 0.15) is 5.56 Å². The second kappa shape index (κ2) is 6.32. The van der Waals surface area contributed by atoms with Crippen LogP contribution < -0.4 is 5.32 Å². The van der Waals surface area contributed by atoms with Crippen molar-refractivity contribution in [1.29, 1.82) is 5.26 Å². The van der Waals surface area contributed by atoms with Gasteiger partial charge in [0.15, 0.2) is 0 Å². The number of nitriles is 1. The third-order valence-electron chi connectivity index (χ3n) is 2.28. The van der Waals surface area contributed by atoms with E-state index in [1.165, 1.54) is 19.2 Å². The van der Waals surface area contributed by atoms with E-state index in [0.717, 1.165) is 6.07 Å². The van der Waals surface area contributed by atoms with E-state index in [2.05, 4.69) is 5.32 Å². The third kappa shape index (κ3) is 3.65. The molecule has 0 saturated heterocycles. The number of nitro groups is 1. The van der Waals surface area contributed by atoms with Gasteiger partial charge in [-0.1, -0.05) is 0 Å². The molecule has 0 saturated carbocycles. The fourth-order valence-corrected chi connectivity index (χ4v) is 1.41. The first-order valence-electron chi connectivity index (χ1n) is 5.16. The zero-order chi connectivity index (χ0) is 14.4. The van der Waals surface area contributed by atoms with Crippen LogP contribution in [0.3, 0.4) is 0 Å². The highest BCUT2D eigenvalue weighted by molar-refractivity contribution is 5.79. The number of carboxylic acids is 1. The lowest BCUT2D eigenvalue weighted by molar-refractivity contribution is -0.384. The number of aliphatic carboxylic acids is 1. The molecule has 0 radical (unpaired) electrons. The second-order valence-corrected chi connectivity index (χ2v) is 3.59. The van der Waals surface area contributed by atoms with Gasteiger partial charge in [0, 0.05) is 13.2 Å². The molecule has 0 amide bonds. The molecule has 8 heteroatoms. The molecule has 100 valence electrons. The van der Waals surface area contributed by atoms with Crippen LogP contribution in [0.4, 0.5) is 11.4 Å². The van der Waals surface area contributed by atoms with Crippen molar-refractivity contribution in [2.45, 2.75) is 6.04 Å². The van der Waals surface area contributed by atoms with Gasteiger partial charge in [-0.3, -0.25) is 10.1 Å². The minimum Gasteiger partial charge on any atom is -0.480 e. The maximum Gasteiger partial charge on any atom is 0.328 e. The van der Waals surface area contributed by atoms with Crippen LogP contribution >= 0.6 is 0 Å². The summed E-state index contributed by atoms with van der Waals surface area (Å²) in [6, 6.07) is 4.34. The monoisotopic (exact) mass is 265 g/mol. The molecule has 0 aromatic heterocycles. The van der Waals surface area contributed by atoms with Crippen LogP contribution in [0, 0.1) is 21.4 Å². The number of methoxy groups -OCH3 is 1. The Bertz CT molecular complexity index is 538. The fraction of sp³-hybridized carbons (Fsp3) is 0.273. The number of carbonyl (C=O) groups is 1. The number of nitrogens with one attached hydrogen (secondary N) is 1. The van der Waals surface area contributed by atoms with Crippen molar-refractivity contribution < 1.29 is 19.6 Å². The lowest BCUT2D eigenvalue weighted by Gasteiger charge is -2.14. The number of hydrogen-bond acceptors (Lipinski definition) is 6. The Morgan fingerprint density at radius 3 is 2.84 bits per heavy atom. The van der Waals surface area contributed by atoms with Gasteiger partial charge in [-0.15, -0.1) is 0 Å². The molecular formula is C11H11N3O5. The summed E-state index contributed by atoms with van der Waals surface area (Å²) in [7, 11) is 1.32. The average Bonchev–Trinajstić information content (AvgIpc) is 2.37. The Hall–Kier alpha value is -2.66. The van der Waals surface area contributed by atoms with E-state index in [1.54, 1.807) is 0 Å². The summed E-state index contributed by atoms with van der Waals surface area (Å²) in [5.41, 5.74) is -0.149. The van der Waals surface area contributed by atoms with Gasteiger partial charge in [0.25, 0.3) is 5.69 Å². The number of carboxylic acid groups (broad SMARTS) is 1. The molecule has 0 aliphatic heterocycles. The van der Waals surface area contributed by atoms with Crippen molar-refractivity contribution in [2.24, 2.45) is 0 Å². The molecule has 1 aromatic carbocycles. The fourth-order valence-electron chi connectivity index (χ4n) is 1.41. The smallest absolute Gasteiger partial charge is 0.328 e. The Kier molecular flexibility index (Phi) is 4.79. The molecule has 0 spiro atoms. The maximum atomic E-state index is 11.0. The van der Waals surface area contributed by atoms with Crippen LogP contribution in [-0.2, 0) is 9.53 Å². The normalized spacial score (nSPS) is 11.4. The highest BCUT2D eigenvalue weighted by Crippen LogP contribution is 2.26. The van der Waals surface area contributed by atoms with E-state index in [-0.39, 0.29) is 23.5 Å². The summed E-state index contributed by atoms with van der Waals surface area (Å²) in [6.07, 6.45) is 0. The van der Waals surface area contributed by atoms with E-state index >= 15 is 0 Å². The lowest BCUT2D eigenvalue weighted by Crippen LogP contribution is -2.33. The molecule has 1 rings (SSSR count). The molecule has 0 aliphatic rings. The van der Waals surface area contributed by atoms with Crippen molar-refractivity contribution in [3.63, 3.8) is 0 Å². The van der Waals surface area contributed by atoms with Crippen molar-refractivity contribution in [2.75, 3.05) is 19.0 Å². The van der Waals surface area contributed by atoms with Gasteiger partial charge in [0.1, 0.15) is 11.7 Å². The molecule has 0 bridgehead atoms. The number of hydrogen-bond donors (Lipinski definition) is 2. The first-order valence-corrected chi connectivity index (χ1v) is 5.16. The molecule has 1 atom stereocenters. The number of anilines is 1. The molecule has 0 aliphatic carbocycles. The van der Waals surface area contributed by atoms with Gasteiger partial charge >= 0.3 is 5.97 Å². The number of rotatable bonds is 6. The zero-order valence-electron chi connectivity index (χ0n) is 9.99. The Labute approximate surface area is 108 Å². The van der Waals surface area contributed by atoms with Crippen LogP contribution in [0.2, 0.25) is 0 Å². The predicted octanol–water partition coefficient (Wildman–Crippen LogP) is 0.978.